The van der Waals surface area contributed by atoms with Crippen LogP contribution in [0.5, 0.6) is 0 Å². The van der Waals surface area contributed by atoms with E-state index in [4.69, 9.17) is 4.74 Å². The molecule has 0 radical (unpaired) electrons. The van der Waals surface area contributed by atoms with Crippen molar-refractivity contribution in [3.05, 3.63) is 65.0 Å². The van der Waals surface area contributed by atoms with E-state index in [0.29, 0.717) is 11.3 Å². The number of aromatic nitrogens is 1. The molecule has 4 rings (SSSR count). The predicted octanol–water partition coefficient (Wildman–Crippen LogP) is 2.20. The van der Waals surface area contributed by atoms with Crippen molar-refractivity contribution in [1.82, 2.24) is 9.88 Å². The number of hydrogen-bond donors (Lipinski definition) is 0. The molecule has 6 nitrogen and oxygen atoms in total. The van der Waals surface area contributed by atoms with Crippen LogP contribution in [0, 0.1) is 0 Å². The SMILES string of the molecule is O=C(OCc1ccccn1)c1ccc2c(c1)C(=O)N(C1CC1)C2=O. The third kappa shape index (κ3) is 2.46. The molecule has 2 aliphatic rings. The molecule has 6 heteroatoms. The minimum atomic E-state index is -0.548. The van der Waals surface area contributed by atoms with Gasteiger partial charge >= 0.3 is 5.97 Å². The Kier molecular flexibility index (Phi) is 3.37. The molecule has 0 N–H and O–H groups in total. The number of amides is 2. The summed E-state index contributed by atoms with van der Waals surface area (Å²) in [5.74, 6) is -1.14. The summed E-state index contributed by atoms with van der Waals surface area (Å²) in [6, 6.07) is 9.83. The molecule has 0 saturated heterocycles. The molecule has 2 aromatic rings. The molecule has 1 aromatic carbocycles. The fourth-order valence-electron chi connectivity index (χ4n) is 2.76. The average Bonchev–Trinajstić information content (AvgIpc) is 3.41. The maximum atomic E-state index is 12.4. The number of ether oxygens (including phenoxy) is 1. The van der Waals surface area contributed by atoms with Crippen LogP contribution in [-0.2, 0) is 11.3 Å². The van der Waals surface area contributed by atoms with E-state index in [0.717, 1.165) is 12.8 Å². The first kappa shape index (κ1) is 14.6. The Balaban J connectivity index is 1.53. The summed E-state index contributed by atoms with van der Waals surface area (Å²) in [5.41, 5.74) is 1.52. The lowest BCUT2D eigenvalue weighted by Gasteiger charge is -2.11. The van der Waals surface area contributed by atoms with Crippen LogP contribution in [0.3, 0.4) is 0 Å². The van der Waals surface area contributed by atoms with E-state index in [-0.39, 0.29) is 35.6 Å². The summed E-state index contributed by atoms with van der Waals surface area (Å²) in [4.78, 5) is 42.2. The second-order valence-electron chi connectivity index (χ2n) is 5.87. The summed E-state index contributed by atoms with van der Waals surface area (Å²) in [5, 5.41) is 0. The van der Waals surface area contributed by atoms with Gasteiger partial charge in [0.05, 0.1) is 22.4 Å². The standard InChI is InChI=1S/C18H14N2O4/c21-16-14-7-4-11(9-15(14)17(22)20(16)13-5-6-13)18(23)24-10-12-3-1-2-8-19-12/h1-4,7-9,13H,5-6,10H2. The zero-order valence-corrected chi connectivity index (χ0v) is 12.8. The van der Waals surface area contributed by atoms with E-state index in [1.165, 1.54) is 23.1 Å². The third-order valence-corrected chi connectivity index (χ3v) is 4.14. The topological polar surface area (TPSA) is 76.6 Å². The van der Waals surface area contributed by atoms with Crippen LogP contribution < -0.4 is 0 Å². The minimum absolute atomic E-state index is 0.0111. The van der Waals surface area contributed by atoms with Crippen LogP contribution in [0.1, 0.15) is 49.6 Å². The molecular weight excluding hydrogens is 308 g/mol. The van der Waals surface area contributed by atoms with Crippen molar-refractivity contribution in [2.24, 2.45) is 0 Å². The Morgan fingerprint density at radius 2 is 1.92 bits per heavy atom. The molecule has 1 aromatic heterocycles. The molecule has 0 bridgehead atoms. The Morgan fingerprint density at radius 3 is 2.62 bits per heavy atom. The molecule has 2 amide bonds. The molecule has 0 atom stereocenters. The van der Waals surface area contributed by atoms with Crippen molar-refractivity contribution >= 4 is 17.8 Å². The summed E-state index contributed by atoms with van der Waals surface area (Å²) < 4.78 is 5.21. The van der Waals surface area contributed by atoms with Crippen LogP contribution >= 0.6 is 0 Å². The number of imide groups is 1. The van der Waals surface area contributed by atoms with Gasteiger partial charge in [-0.25, -0.2) is 4.79 Å². The second kappa shape index (κ2) is 5.56. The van der Waals surface area contributed by atoms with Crippen molar-refractivity contribution in [2.75, 3.05) is 0 Å². The molecule has 1 aliphatic heterocycles. The maximum absolute atomic E-state index is 12.4. The minimum Gasteiger partial charge on any atom is -0.456 e. The zero-order valence-electron chi connectivity index (χ0n) is 12.8. The van der Waals surface area contributed by atoms with Crippen LogP contribution in [0.15, 0.2) is 42.6 Å². The number of pyridine rings is 1. The number of benzene rings is 1. The Hall–Kier alpha value is -3.02. The highest BCUT2D eigenvalue weighted by Gasteiger charge is 2.44. The average molecular weight is 322 g/mol. The number of nitrogens with zero attached hydrogens (tertiary/aromatic N) is 2. The molecule has 120 valence electrons. The summed E-state index contributed by atoms with van der Waals surface area (Å²) in [7, 11) is 0. The summed E-state index contributed by atoms with van der Waals surface area (Å²) in [6.45, 7) is 0.0534. The van der Waals surface area contributed by atoms with Gasteiger partial charge in [-0.1, -0.05) is 6.07 Å². The number of carbonyl (C=O) groups excluding carboxylic acids is 3. The molecule has 0 unspecified atom stereocenters. The maximum Gasteiger partial charge on any atom is 0.338 e. The lowest BCUT2D eigenvalue weighted by Crippen LogP contribution is -2.31. The number of carbonyl (C=O) groups is 3. The lowest BCUT2D eigenvalue weighted by atomic mass is 10.1. The highest BCUT2D eigenvalue weighted by atomic mass is 16.5. The molecule has 2 heterocycles. The number of hydrogen-bond acceptors (Lipinski definition) is 5. The Bertz CT molecular complexity index is 843. The van der Waals surface area contributed by atoms with Crippen molar-refractivity contribution in [2.45, 2.75) is 25.5 Å². The van der Waals surface area contributed by atoms with E-state index in [2.05, 4.69) is 4.98 Å². The molecule has 1 saturated carbocycles. The van der Waals surface area contributed by atoms with Crippen LogP contribution in [0.2, 0.25) is 0 Å². The number of fused-ring (bicyclic) bond motifs is 1. The monoisotopic (exact) mass is 322 g/mol. The van der Waals surface area contributed by atoms with Crippen molar-refractivity contribution in [3.63, 3.8) is 0 Å². The van der Waals surface area contributed by atoms with Gasteiger partial charge in [0.25, 0.3) is 11.8 Å². The fourth-order valence-corrected chi connectivity index (χ4v) is 2.76. The first-order valence-corrected chi connectivity index (χ1v) is 7.74. The van der Waals surface area contributed by atoms with Gasteiger partial charge in [0.2, 0.25) is 0 Å². The number of esters is 1. The molecule has 1 fully saturated rings. The smallest absolute Gasteiger partial charge is 0.338 e. The molecule has 24 heavy (non-hydrogen) atoms. The summed E-state index contributed by atoms with van der Waals surface area (Å²) >= 11 is 0. The van der Waals surface area contributed by atoms with Crippen LogP contribution in [0.25, 0.3) is 0 Å². The lowest BCUT2D eigenvalue weighted by molar-refractivity contribution is 0.0467. The van der Waals surface area contributed by atoms with Crippen LogP contribution in [-0.4, -0.2) is 33.7 Å². The highest BCUT2D eigenvalue weighted by molar-refractivity contribution is 6.22. The van der Waals surface area contributed by atoms with Gasteiger partial charge in [0, 0.05) is 12.2 Å². The largest absolute Gasteiger partial charge is 0.456 e. The molecular formula is C18H14N2O4. The quantitative estimate of drug-likeness (QED) is 0.637. The van der Waals surface area contributed by atoms with E-state index in [1.807, 2.05) is 6.07 Å². The van der Waals surface area contributed by atoms with E-state index >= 15 is 0 Å². The Labute approximate surface area is 138 Å². The van der Waals surface area contributed by atoms with Gasteiger partial charge in [0.1, 0.15) is 6.61 Å². The van der Waals surface area contributed by atoms with Crippen molar-refractivity contribution in [3.8, 4) is 0 Å². The number of rotatable bonds is 4. The summed E-state index contributed by atoms with van der Waals surface area (Å²) in [6.07, 6.45) is 3.32. The van der Waals surface area contributed by atoms with E-state index < -0.39 is 5.97 Å². The van der Waals surface area contributed by atoms with Gasteiger partial charge in [-0.2, -0.15) is 0 Å². The van der Waals surface area contributed by atoms with Crippen LogP contribution in [0.4, 0.5) is 0 Å². The highest BCUT2D eigenvalue weighted by Crippen LogP contribution is 2.34. The van der Waals surface area contributed by atoms with E-state index in [9.17, 15) is 14.4 Å². The molecule has 1 aliphatic carbocycles. The zero-order chi connectivity index (χ0) is 16.7. The van der Waals surface area contributed by atoms with Gasteiger partial charge < -0.3 is 4.74 Å². The van der Waals surface area contributed by atoms with Gasteiger partial charge in [-0.3, -0.25) is 19.5 Å². The first-order chi connectivity index (χ1) is 11.6. The van der Waals surface area contributed by atoms with Crippen molar-refractivity contribution in [1.29, 1.82) is 0 Å². The second-order valence-corrected chi connectivity index (χ2v) is 5.87. The van der Waals surface area contributed by atoms with Crippen molar-refractivity contribution < 1.29 is 19.1 Å². The van der Waals surface area contributed by atoms with Gasteiger partial charge in [-0.15, -0.1) is 0 Å². The fraction of sp³-hybridized carbons (Fsp3) is 0.222. The molecule has 0 spiro atoms. The van der Waals surface area contributed by atoms with E-state index in [1.54, 1.807) is 18.3 Å². The Morgan fingerprint density at radius 1 is 1.12 bits per heavy atom. The van der Waals surface area contributed by atoms with Gasteiger partial charge in [-0.05, 0) is 43.2 Å². The normalized spacial score (nSPS) is 16.2. The predicted molar refractivity (Wildman–Crippen MR) is 83.3 cm³/mol. The van der Waals surface area contributed by atoms with Gasteiger partial charge in [0.15, 0.2) is 0 Å². The first-order valence-electron chi connectivity index (χ1n) is 7.74. The third-order valence-electron chi connectivity index (χ3n) is 4.14.